The van der Waals surface area contributed by atoms with Gasteiger partial charge in [-0.15, -0.1) is 0 Å². The maximum absolute atomic E-state index is 14.0. The Balaban J connectivity index is 1.56. The number of benzene rings is 2. The molecular formula is C22H20F2N2O8. The van der Waals surface area contributed by atoms with Crippen molar-refractivity contribution in [2.45, 2.75) is 37.7 Å². The number of ether oxygens (including phenoxy) is 4. The lowest BCUT2D eigenvalue weighted by Gasteiger charge is -2.26. The Bertz CT molecular complexity index is 1080. The van der Waals surface area contributed by atoms with Gasteiger partial charge in [-0.3, -0.25) is 10.1 Å². The van der Waals surface area contributed by atoms with Crippen molar-refractivity contribution in [3.63, 3.8) is 0 Å². The van der Waals surface area contributed by atoms with Gasteiger partial charge in [0.25, 0.3) is 5.69 Å². The molecule has 3 unspecified atom stereocenters. The Morgan fingerprint density at radius 2 is 1.91 bits per heavy atom. The number of nitrogens with zero attached hydrogens (tertiary/aromatic N) is 2. The monoisotopic (exact) mass is 478 g/mol. The molecule has 0 radical (unpaired) electrons. The minimum absolute atomic E-state index is 0.0669. The fourth-order valence-corrected chi connectivity index (χ4v) is 3.73. The van der Waals surface area contributed by atoms with E-state index in [1.54, 1.807) is 0 Å². The van der Waals surface area contributed by atoms with Crippen LogP contribution in [0.25, 0.3) is 0 Å². The molecule has 4 rings (SSSR count). The first-order chi connectivity index (χ1) is 16.3. The van der Waals surface area contributed by atoms with Gasteiger partial charge in [-0.25, -0.2) is 23.3 Å². The zero-order valence-electron chi connectivity index (χ0n) is 17.7. The molecule has 0 spiro atoms. The zero-order chi connectivity index (χ0) is 24.2. The lowest BCUT2D eigenvalue weighted by Crippen LogP contribution is -2.38. The van der Waals surface area contributed by atoms with Crippen LogP contribution < -0.4 is 4.74 Å². The molecule has 12 heteroatoms. The van der Waals surface area contributed by atoms with E-state index in [0.717, 1.165) is 37.1 Å². The molecule has 180 valence electrons. The van der Waals surface area contributed by atoms with Gasteiger partial charge in [0.1, 0.15) is 11.8 Å². The fourth-order valence-electron chi connectivity index (χ4n) is 3.73. The molecule has 2 aromatic rings. The summed E-state index contributed by atoms with van der Waals surface area (Å²) < 4.78 is 49.2. The number of halogens is 2. The zero-order valence-corrected chi connectivity index (χ0v) is 17.7. The van der Waals surface area contributed by atoms with Crippen molar-refractivity contribution in [2.75, 3.05) is 13.2 Å². The summed E-state index contributed by atoms with van der Waals surface area (Å²) in [5, 5.41) is 10.8. The Morgan fingerprint density at radius 3 is 2.56 bits per heavy atom. The lowest BCUT2D eigenvalue weighted by atomic mass is 10.0. The Hall–Kier alpha value is -3.64. The van der Waals surface area contributed by atoms with Crippen LogP contribution in [0.3, 0.4) is 0 Å². The molecule has 2 heterocycles. The molecule has 0 saturated carbocycles. The summed E-state index contributed by atoms with van der Waals surface area (Å²) in [6.45, 7) is 0.358. The molecule has 2 aliphatic heterocycles. The quantitative estimate of drug-likeness (QED) is 0.441. The van der Waals surface area contributed by atoms with Gasteiger partial charge in [-0.05, 0) is 49.1 Å². The van der Waals surface area contributed by atoms with Gasteiger partial charge in [0, 0.05) is 18.7 Å². The molecule has 10 nitrogen and oxygen atoms in total. The molecule has 0 N–H and O–H groups in total. The van der Waals surface area contributed by atoms with E-state index in [1.807, 2.05) is 0 Å². The van der Waals surface area contributed by atoms with Crippen LogP contribution in [0.1, 0.15) is 30.9 Å². The third kappa shape index (κ3) is 5.13. The molecule has 2 aromatic carbocycles. The van der Waals surface area contributed by atoms with Gasteiger partial charge in [-0.1, -0.05) is 6.07 Å². The normalized spacial score (nSPS) is 22.4. The first-order valence-electron chi connectivity index (χ1n) is 10.5. The summed E-state index contributed by atoms with van der Waals surface area (Å²) >= 11 is 0. The number of imide groups is 1. The van der Waals surface area contributed by atoms with Crippen molar-refractivity contribution in [1.82, 2.24) is 4.90 Å². The number of non-ortho nitro benzene ring substituents is 1. The second kappa shape index (κ2) is 10.1. The van der Waals surface area contributed by atoms with Gasteiger partial charge in [-0.2, -0.15) is 0 Å². The third-order valence-corrected chi connectivity index (χ3v) is 5.40. The van der Waals surface area contributed by atoms with E-state index in [9.17, 15) is 28.5 Å². The lowest BCUT2D eigenvalue weighted by molar-refractivity contribution is -0.384. The second-order valence-electron chi connectivity index (χ2n) is 7.66. The van der Waals surface area contributed by atoms with Crippen molar-refractivity contribution in [3.8, 4) is 5.75 Å². The van der Waals surface area contributed by atoms with E-state index in [0.29, 0.717) is 17.9 Å². The highest BCUT2D eigenvalue weighted by molar-refractivity contribution is 5.91. The highest BCUT2D eigenvalue weighted by Crippen LogP contribution is 2.35. The van der Waals surface area contributed by atoms with Crippen LogP contribution in [-0.4, -0.2) is 47.6 Å². The minimum Gasteiger partial charge on any atom is -0.441 e. The van der Waals surface area contributed by atoms with Crippen molar-refractivity contribution in [2.24, 2.45) is 0 Å². The maximum Gasteiger partial charge on any atom is 0.425 e. The number of hydrogen-bond donors (Lipinski definition) is 0. The number of cyclic esters (lactones) is 1. The van der Waals surface area contributed by atoms with Gasteiger partial charge < -0.3 is 18.9 Å². The van der Waals surface area contributed by atoms with E-state index < -0.39 is 47.2 Å². The summed E-state index contributed by atoms with van der Waals surface area (Å²) in [5.41, 5.74) is -0.134. The number of carbonyl (C=O) groups excluding carboxylic acids is 2. The van der Waals surface area contributed by atoms with Crippen LogP contribution in [0.5, 0.6) is 5.75 Å². The van der Waals surface area contributed by atoms with E-state index in [4.69, 9.17) is 18.9 Å². The van der Waals surface area contributed by atoms with Crippen molar-refractivity contribution >= 4 is 17.9 Å². The summed E-state index contributed by atoms with van der Waals surface area (Å²) in [6, 6.07) is 6.39. The van der Waals surface area contributed by atoms with E-state index in [2.05, 4.69) is 0 Å². The second-order valence-corrected chi connectivity index (χ2v) is 7.66. The molecule has 0 aromatic heterocycles. The predicted molar refractivity (Wildman–Crippen MR) is 110 cm³/mol. The predicted octanol–water partition coefficient (Wildman–Crippen LogP) is 4.48. The fraction of sp³-hybridized carbons (Fsp3) is 0.364. The highest BCUT2D eigenvalue weighted by atomic mass is 19.2. The summed E-state index contributed by atoms with van der Waals surface area (Å²) in [4.78, 5) is 36.3. The number of rotatable bonds is 6. The Labute approximate surface area is 192 Å². The molecule has 2 amide bonds. The summed E-state index contributed by atoms with van der Waals surface area (Å²) in [6.07, 6.45) is -1.35. The summed E-state index contributed by atoms with van der Waals surface area (Å²) in [7, 11) is 0. The number of hydrogen-bond acceptors (Lipinski definition) is 8. The molecule has 3 atom stereocenters. The van der Waals surface area contributed by atoms with Crippen LogP contribution in [0.4, 0.5) is 24.1 Å². The van der Waals surface area contributed by atoms with Gasteiger partial charge in [0.2, 0.25) is 0 Å². The van der Waals surface area contributed by atoms with Crippen LogP contribution in [0, 0.1) is 21.7 Å². The SMILES string of the molecule is O=C(Oc1ccc([N+](=O)[O-])cc1)N1C(=O)OC(COC2CCCCO2)C1c1ccc(F)c(F)c1. The van der Waals surface area contributed by atoms with Crippen molar-refractivity contribution < 1.29 is 42.2 Å². The van der Waals surface area contributed by atoms with Crippen LogP contribution in [0.15, 0.2) is 42.5 Å². The molecule has 2 aliphatic rings. The largest absolute Gasteiger partial charge is 0.441 e. The number of nitro groups is 1. The average Bonchev–Trinajstić information content (AvgIpc) is 3.16. The number of carbonyl (C=O) groups is 2. The van der Waals surface area contributed by atoms with Gasteiger partial charge in [0.15, 0.2) is 24.0 Å². The first kappa shape index (κ1) is 23.5. The highest BCUT2D eigenvalue weighted by Gasteiger charge is 2.48. The summed E-state index contributed by atoms with van der Waals surface area (Å²) in [5.74, 6) is -2.34. The van der Waals surface area contributed by atoms with Crippen LogP contribution in [-0.2, 0) is 14.2 Å². The molecule has 0 bridgehead atoms. The first-order valence-corrected chi connectivity index (χ1v) is 10.5. The average molecular weight is 478 g/mol. The standard InChI is InChI=1S/C22H20F2N2O8/c23-16-9-4-13(11-17(16)24)20-18(12-32-19-3-1-2-10-31-19)34-22(28)25(20)21(27)33-15-7-5-14(6-8-15)26(29)30/h4-9,11,18-20H,1-3,10,12H2. The molecule has 2 fully saturated rings. The van der Waals surface area contributed by atoms with Crippen LogP contribution >= 0.6 is 0 Å². The van der Waals surface area contributed by atoms with E-state index >= 15 is 0 Å². The number of amides is 2. The molecule has 34 heavy (non-hydrogen) atoms. The topological polar surface area (TPSA) is 117 Å². The van der Waals surface area contributed by atoms with E-state index in [1.165, 1.54) is 18.2 Å². The van der Waals surface area contributed by atoms with E-state index in [-0.39, 0.29) is 23.6 Å². The van der Waals surface area contributed by atoms with Gasteiger partial charge in [0.05, 0.1) is 11.5 Å². The minimum atomic E-state index is -1.18. The Morgan fingerprint density at radius 1 is 1.15 bits per heavy atom. The number of nitro benzene ring substituents is 1. The van der Waals surface area contributed by atoms with Crippen molar-refractivity contribution in [3.05, 3.63) is 69.8 Å². The molecule has 2 saturated heterocycles. The molecule has 0 aliphatic carbocycles. The maximum atomic E-state index is 14.0. The Kier molecular flexibility index (Phi) is 6.98. The van der Waals surface area contributed by atoms with Crippen LogP contribution in [0.2, 0.25) is 0 Å². The van der Waals surface area contributed by atoms with Gasteiger partial charge >= 0.3 is 12.2 Å². The van der Waals surface area contributed by atoms with Crippen molar-refractivity contribution in [1.29, 1.82) is 0 Å². The third-order valence-electron chi connectivity index (χ3n) is 5.40. The smallest absolute Gasteiger partial charge is 0.425 e. The molecular weight excluding hydrogens is 458 g/mol.